The number of carbonyl (C=O) groups is 1. The highest BCUT2D eigenvalue weighted by Gasteiger charge is 2.23. The van der Waals surface area contributed by atoms with Gasteiger partial charge >= 0.3 is 6.09 Å². The number of anilines is 1. The second kappa shape index (κ2) is 8.58. The molecule has 0 saturated carbocycles. The van der Waals surface area contributed by atoms with Crippen LogP contribution in [0.25, 0.3) is 0 Å². The van der Waals surface area contributed by atoms with E-state index in [-0.39, 0.29) is 0 Å². The summed E-state index contributed by atoms with van der Waals surface area (Å²) in [5.41, 5.74) is 5.00. The number of aliphatic imine (C=N–C) groups is 1. The molecule has 2 aromatic carbocycles. The van der Waals surface area contributed by atoms with Crippen LogP contribution in [0.4, 0.5) is 10.5 Å². The van der Waals surface area contributed by atoms with Gasteiger partial charge in [-0.05, 0) is 30.2 Å². The molecule has 6 heteroatoms. The van der Waals surface area contributed by atoms with Crippen molar-refractivity contribution in [1.82, 2.24) is 5.43 Å². The fourth-order valence-electron chi connectivity index (χ4n) is 2.55. The number of para-hydroxylation sites is 2. The summed E-state index contributed by atoms with van der Waals surface area (Å²) in [5.74, 6) is 1.42. The highest BCUT2D eigenvalue weighted by Crippen LogP contribution is 2.23. The summed E-state index contributed by atoms with van der Waals surface area (Å²) < 4.78 is 5.53. The number of carbonyl (C=O) groups excluding carboxylic acids is 1. The van der Waals surface area contributed by atoms with Crippen LogP contribution in [0.3, 0.4) is 0 Å². The van der Waals surface area contributed by atoms with E-state index >= 15 is 0 Å². The van der Waals surface area contributed by atoms with Crippen LogP contribution in [-0.2, 0) is 6.42 Å². The summed E-state index contributed by atoms with van der Waals surface area (Å²) in [6.45, 7) is 2.87. The van der Waals surface area contributed by atoms with Crippen LogP contribution in [0, 0.1) is 0 Å². The Morgan fingerprint density at radius 2 is 1.96 bits per heavy atom. The van der Waals surface area contributed by atoms with Gasteiger partial charge in [-0.25, -0.2) is 4.79 Å². The van der Waals surface area contributed by atoms with Gasteiger partial charge in [-0.1, -0.05) is 61.5 Å². The van der Waals surface area contributed by atoms with Crippen molar-refractivity contribution < 1.29 is 9.53 Å². The van der Waals surface area contributed by atoms with Gasteiger partial charge in [0.25, 0.3) is 0 Å². The molecular weight excluding hydrogens is 334 g/mol. The molecule has 0 fully saturated rings. The Morgan fingerprint density at radius 3 is 2.68 bits per heavy atom. The van der Waals surface area contributed by atoms with Crippen molar-refractivity contribution in [3.05, 3.63) is 60.2 Å². The van der Waals surface area contributed by atoms with Crippen LogP contribution in [-0.4, -0.2) is 23.6 Å². The van der Waals surface area contributed by atoms with Crippen molar-refractivity contribution in [2.24, 2.45) is 4.99 Å². The lowest BCUT2D eigenvalue weighted by Gasteiger charge is -2.25. The minimum Gasteiger partial charge on any atom is -0.409 e. The zero-order chi connectivity index (χ0) is 17.5. The molecule has 3 rings (SSSR count). The van der Waals surface area contributed by atoms with Gasteiger partial charge in [0.2, 0.25) is 0 Å². The Kier molecular flexibility index (Phi) is 5.95. The van der Waals surface area contributed by atoms with Crippen LogP contribution in [0.2, 0.25) is 0 Å². The van der Waals surface area contributed by atoms with E-state index in [2.05, 4.69) is 17.3 Å². The first-order valence-electron chi connectivity index (χ1n) is 8.36. The summed E-state index contributed by atoms with van der Waals surface area (Å²) in [5, 5.41) is 2.19. The molecule has 2 aromatic rings. The van der Waals surface area contributed by atoms with Crippen LogP contribution < -0.4 is 15.2 Å². The van der Waals surface area contributed by atoms with Crippen molar-refractivity contribution in [1.29, 1.82) is 0 Å². The molecule has 1 N–H and O–H groups in total. The second-order valence-electron chi connectivity index (χ2n) is 5.54. The predicted octanol–water partition coefficient (Wildman–Crippen LogP) is 4.25. The lowest BCUT2D eigenvalue weighted by atomic mass is 10.1. The fourth-order valence-corrected chi connectivity index (χ4v) is 3.26. The maximum absolute atomic E-state index is 12.8. The molecule has 0 saturated heterocycles. The molecule has 0 unspecified atom stereocenters. The summed E-state index contributed by atoms with van der Waals surface area (Å²) in [6, 6.07) is 16.9. The fraction of sp³-hybridized carbons (Fsp3) is 0.263. The standard InChI is InChI=1S/C19H21N3O2S/c1-2-8-15-9-6-7-12-17(15)22(21-18-20-13-14-25-18)19(23)24-16-10-4-3-5-11-16/h3-7,9-12H,2,8,13-14H2,1H3,(H,20,21). The molecule has 5 nitrogen and oxygen atoms in total. The van der Waals surface area contributed by atoms with E-state index in [0.717, 1.165) is 41.6 Å². The molecule has 130 valence electrons. The van der Waals surface area contributed by atoms with E-state index in [1.165, 1.54) is 5.01 Å². The third-order valence-electron chi connectivity index (χ3n) is 3.68. The monoisotopic (exact) mass is 355 g/mol. The first-order valence-corrected chi connectivity index (χ1v) is 9.35. The zero-order valence-electron chi connectivity index (χ0n) is 14.1. The summed E-state index contributed by atoms with van der Waals surface area (Å²) >= 11 is 1.60. The molecule has 1 aliphatic rings. The maximum atomic E-state index is 12.8. The summed E-state index contributed by atoms with van der Waals surface area (Å²) in [4.78, 5) is 17.2. The zero-order valence-corrected chi connectivity index (χ0v) is 15.0. The Morgan fingerprint density at radius 1 is 1.20 bits per heavy atom. The minimum atomic E-state index is -0.482. The Labute approximate surface area is 152 Å². The third kappa shape index (κ3) is 4.54. The number of ether oxygens (including phenoxy) is 1. The van der Waals surface area contributed by atoms with E-state index in [9.17, 15) is 4.79 Å². The van der Waals surface area contributed by atoms with Gasteiger partial charge in [0, 0.05) is 5.75 Å². The topological polar surface area (TPSA) is 53.9 Å². The lowest BCUT2D eigenvalue weighted by Crippen LogP contribution is -2.47. The van der Waals surface area contributed by atoms with Crippen molar-refractivity contribution >= 4 is 28.7 Å². The number of rotatable bonds is 4. The number of hydrogen-bond acceptors (Lipinski definition) is 5. The molecule has 1 heterocycles. The molecule has 0 aromatic heterocycles. The van der Waals surface area contributed by atoms with Gasteiger partial charge in [-0.15, -0.1) is 0 Å². The third-order valence-corrected chi connectivity index (χ3v) is 4.56. The molecular formula is C19H21N3O2S. The molecule has 1 amide bonds. The van der Waals surface area contributed by atoms with Crippen LogP contribution in [0.15, 0.2) is 59.6 Å². The highest BCUT2D eigenvalue weighted by atomic mass is 32.2. The van der Waals surface area contributed by atoms with E-state index < -0.39 is 6.09 Å². The molecule has 1 aliphatic heterocycles. The van der Waals surface area contributed by atoms with E-state index in [0.29, 0.717) is 5.75 Å². The number of amidine groups is 1. The van der Waals surface area contributed by atoms with Gasteiger partial charge < -0.3 is 4.74 Å². The van der Waals surface area contributed by atoms with E-state index in [1.54, 1.807) is 23.9 Å². The molecule has 0 radical (unpaired) electrons. The maximum Gasteiger partial charge on any atom is 0.438 e. The van der Waals surface area contributed by atoms with Crippen LogP contribution >= 0.6 is 11.8 Å². The number of hydrogen-bond donors (Lipinski definition) is 1. The van der Waals surface area contributed by atoms with E-state index in [1.807, 2.05) is 42.5 Å². The number of nitrogens with zero attached hydrogens (tertiary/aromatic N) is 2. The molecule has 0 atom stereocenters. The highest BCUT2D eigenvalue weighted by molar-refractivity contribution is 8.14. The van der Waals surface area contributed by atoms with E-state index in [4.69, 9.17) is 4.74 Å². The number of thioether (sulfide) groups is 1. The van der Waals surface area contributed by atoms with Gasteiger partial charge in [0.15, 0.2) is 5.17 Å². The second-order valence-corrected chi connectivity index (χ2v) is 6.63. The average molecular weight is 355 g/mol. The van der Waals surface area contributed by atoms with Crippen molar-refractivity contribution in [3.8, 4) is 5.75 Å². The van der Waals surface area contributed by atoms with Gasteiger partial charge in [-0.3, -0.25) is 10.4 Å². The summed E-state index contributed by atoms with van der Waals surface area (Å²) in [6.07, 6.45) is 1.39. The Balaban J connectivity index is 1.88. The largest absolute Gasteiger partial charge is 0.438 e. The number of amides is 1. The SMILES string of the molecule is CCCc1ccccc1N(NC1=NCCS1)C(=O)Oc1ccccc1. The number of benzene rings is 2. The average Bonchev–Trinajstić information content (AvgIpc) is 3.15. The van der Waals surface area contributed by atoms with Gasteiger partial charge in [0.1, 0.15) is 5.75 Å². The minimum absolute atomic E-state index is 0.482. The van der Waals surface area contributed by atoms with Crippen molar-refractivity contribution in [2.45, 2.75) is 19.8 Å². The lowest BCUT2D eigenvalue weighted by molar-refractivity contribution is 0.206. The van der Waals surface area contributed by atoms with Gasteiger partial charge in [-0.2, -0.15) is 5.01 Å². The van der Waals surface area contributed by atoms with Gasteiger partial charge in [0.05, 0.1) is 12.2 Å². The Hall–Kier alpha value is -2.47. The van der Waals surface area contributed by atoms with Crippen molar-refractivity contribution in [2.75, 3.05) is 17.3 Å². The number of nitrogens with one attached hydrogen (secondary N) is 1. The smallest absolute Gasteiger partial charge is 0.409 e. The first-order chi connectivity index (χ1) is 12.3. The quantitative estimate of drug-likeness (QED) is 0.833. The predicted molar refractivity (Wildman–Crippen MR) is 103 cm³/mol. The number of hydrazine groups is 1. The molecule has 25 heavy (non-hydrogen) atoms. The molecule has 0 aliphatic carbocycles. The molecule has 0 spiro atoms. The first kappa shape index (κ1) is 17.4. The van der Waals surface area contributed by atoms with Crippen LogP contribution in [0.5, 0.6) is 5.75 Å². The molecule has 0 bridgehead atoms. The van der Waals surface area contributed by atoms with Crippen molar-refractivity contribution in [3.63, 3.8) is 0 Å². The Bertz CT molecular complexity index is 749. The number of aryl methyl sites for hydroxylation is 1. The summed E-state index contributed by atoms with van der Waals surface area (Å²) in [7, 11) is 0. The van der Waals surface area contributed by atoms with Crippen LogP contribution in [0.1, 0.15) is 18.9 Å². The normalized spacial score (nSPS) is 13.2.